The quantitative estimate of drug-likeness (QED) is 0.709. The van der Waals surface area contributed by atoms with Gasteiger partial charge in [0.25, 0.3) is 0 Å². The van der Waals surface area contributed by atoms with Crippen molar-refractivity contribution < 1.29 is 14.3 Å². The summed E-state index contributed by atoms with van der Waals surface area (Å²) < 4.78 is 5.04. The van der Waals surface area contributed by atoms with Gasteiger partial charge in [-0.25, -0.2) is 0 Å². The highest BCUT2D eigenvalue weighted by atomic mass is 16.5. The highest BCUT2D eigenvalue weighted by Crippen LogP contribution is 2.17. The molecule has 0 saturated carbocycles. The molecule has 0 aliphatic heterocycles. The van der Waals surface area contributed by atoms with Crippen LogP contribution >= 0.6 is 0 Å². The van der Waals surface area contributed by atoms with Crippen molar-refractivity contribution in [1.29, 1.82) is 0 Å². The summed E-state index contributed by atoms with van der Waals surface area (Å²) in [6, 6.07) is 10.2. The van der Waals surface area contributed by atoms with Crippen LogP contribution < -0.4 is 21.3 Å². The number of rotatable bonds is 6. The van der Waals surface area contributed by atoms with E-state index in [1.54, 1.807) is 36.4 Å². The smallest absolute Gasteiger partial charge is 0.248 e. The topological polar surface area (TPSA) is 114 Å². The summed E-state index contributed by atoms with van der Waals surface area (Å²) >= 11 is 0. The Morgan fingerprint density at radius 2 is 1.91 bits per heavy atom. The molecule has 1 unspecified atom stereocenters. The lowest BCUT2D eigenvalue weighted by Crippen LogP contribution is -2.38. The minimum absolute atomic E-state index is 0.0595. The summed E-state index contributed by atoms with van der Waals surface area (Å²) in [5.74, 6) is -0.471. The molecule has 1 aromatic carbocycles. The molecule has 0 saturated heterocycles. The van der Waals surface area contributed by atoms with Gasteiger partial charge in [0, 0.05) is 11.8 Å². The second kappa shape index (κ2) is 7.26. The van der Waals surface area contributed by atoms with Crippen LogP contribution in [0.2, 0.25) is 0 Å². The Labute approximate surface area is 132 Å². The number of carbonyl (C=O) groups is 2. The Balaban J connectivity index is 2.10. The Morgan fingerprint density at radius 1 is 1.22 bits per heavy atom. The number of aromatic amines is 1. The maximum atomic E-state index is 12.1. The van der Waals surface area contributed by atoms with Crippen molar-refractivity contribution in [3.63, 3.8) is 0 Å². The minimum Gasteiger partial charge on any atom is -0.497 e. The Morgan fingerprint density at radius 3 is 2.48 bits per heavy atom. The second-order valence-electron chi connectivity index (χ2n) is 4.89. The van der Waals surface area contributed by atoms with Crippen LogP contribution in [-0.4, -0.2) is 23.9 Å². The highest BCUT2D eigenvalue weighted by Gasteiger charge is 2.20. The van der Waals surface area contributed by atoms with Gasteiger partial charge in [-0.05, 0) is 23.8 Å². The number of primary amides is 1. The summed E-state index contributed by atoms with van der Waals surface area (Å²) in [5.41, 5.74) is 6.07. The maximum Gasteiger partial charge on any atom is 0.248 e. The van der Waals surface area contributed by atoms with Gasteiger partial charge >= 0.3 is 0 Å². The SMILES string of the molecule is COc1ccc(C(NC(=O)Cc2cccc(=O)[nH]2)C(N)=O)cc1. The molecule has 2 rings (SSSR count). The first-order chi connectivity index (χ1) is 11.0. The van der Waals surface area contributed by atoms with Crippen LogP contribution in [0.15, 0.2) is 47.3 Å². The third-order valence-electron chi connectivity index (χ3n) is 3.22. The minimum atomic E-state index is -0.955. The fourth-order valence-corrected chi connectivity index (χ4v) is 2.10. The molecule has 0 fully saturated rings. The van der Waals surface area contributed by atoms with Crippen LogP contribution in [0.25, 0.3) is 0 Å². The van der Waals surface area contributed by atoms with Crippen molar-refractivity contribution in [2.45, 2.75) is 12.5 Å². The number of nitrogens with one attached hydrogen (secondary N) is 2. The van der Waals surface area contributed by atoms with Crippen LogP contribution in [0.5, 0.6) is 5.75 Å². The number of benzene rings is 1. The summed E-state index contributed by atoms with van der Waals surface area (Å²) in [7, 11) is 1.53. The number of H-pyrrole nitrogens is 1. The predicted molar refractivity (Wildman–Crippen MR) is 83.8 cm³/mol. The van der Waals surface area contributed by atoms with Crippen molar-refractivity contribution in [3.05, 3.63) is 64.1 Å². The molecule has 120 valence electrons. The zero-order valence-electron chi connectivity index (χ0n) is 12.5. The van der Waals surface area contributed by atoms with Crippen molar-refractivity contribution in [2.75, 3.05) is 7.11 Å². The third kappa shape index (κ3) is 4.44. The van der Waals surface area contributed by atoms with Crippen molar-refractivity contribution >= 4 is 11.8 Å². The van der Waals surface area contributed by atoms with E-state index >= 15 is 0 Å². The molecule has 1 heterocycles. The van der Waals surface area contributed by atoms with Gasteiger partial charge in [-0.1, -0.05) is 18.2 Å². The fourth-order valence-electron chi connectivity index (χ4n) is 2.10. The number of aromatic nitrogens is 1. The van der Waals surface area contributed by atoms with Crippen molar-refractivity contribution in [3.8, 4) is 5.75 Å². The van der Waals surface area contributed by atoms with Gasteiger partial charge in [0.15, 0.2) is 0 Å². The number of pyridine rings is 1. The Hall–Kier alpha value is -3.09. The summed E-state index contributed by atoms with van der Waals surface area (Å²) in [4.78, 5) is 37.4. The standard InChI is InChI=1S/C16H17N3O4/c1-23-12-7-5-10(6-8-12)15(16(17)22)19-14(21)9-11-3-2-4-13(20)18-11/h2-8,15H,9H2,1H3,(H2,17,22)(H,18,20)(H,19,21). The molecule has 0 aliphatic carbocycles. The zero-order valence-corrected chi connectivity index (χ0v) is 12.5. The highest BCUT2D eigenvalue weighted by molar-refractivity contribution is 5.88. The van der Waals surface area contributed by atoms with Gasteiger partial charge in [-0.15, -0.1) is 0 Å². The van der Waals surface area contributed by atoms with Gasteiger partial charge in [-0.2, -0.15) is 0 Å². The summed E-state index contributed by atoms with van der Waals surface area (Å²) in [5, 5.41) is 2.56. The van der Waals surface area contributed by atoms with E-state index in [9.17, 15) is 14.4 Å². The van der Waals surface area contributed by atoms with Crippen LogP contribution in [0.4, 0.5) is 0 Å². The molecule has 7 nitrogen and oxygen atoms in total. The van der Waals surface area contributed by atoms with E-state index in [-0.39, 0.29) is 12.0 Å². The van der Waals surface area contributed by atoms with Gasteiger partial charge in [0.1, 0.15) is 11.8 Å². The van der Waals surface area contributed by atoms with E-state index in [0.29, 0.717) is 17.0 Å². The molecule has 0 aliphatic rings. The van der Waals surface area contributed by atoms with Crippen LogP contribution in [0, 0.1) is 0 Å². The molecule has 0 spiro atoms. The zero-order chi connectivity index (χ0) is 16.8. The van der Waals surface area contributed by atoms with Crippen LogP contribution in [0.1, 0.15) is 17.3 Å². The lowest BCUT2D eigenvalue weighted by molar-refractivity contribution is -0.127. The van der Waals surface area contributed by atoms with E-state index in [0.717, 1.165) is 0 Å². The van der Waals surface area contributed by atoms with E-state index in [1.807, 2.05) is 0 Å². The molecule has 0 bridgehead atoms. The maximum absolute atomic E-state index is 12.1. The Bertz CT molecular complexity index is 752. The summed E-state index contributed by atoms with van der Waals surface area (Å²) in [6.07, 6.45) is -0.0595. The van der Waals surface area contributed by atoms with Crippen LogP contribution in [0.3, 0.4) is 0 Å². The molecule has 7 heteroatoms. The number of nitrogens with two attached hydrogens (primary N) is 1. The molecule has 2 aromatic rings. The molecule has 0 radical (unpaired) electrons. The first-order valence-corrected chi connectivity index (χ1v) is 6.90. The van der Waals surface area contributed by atoms with E-state index in [1.165, 1.54) is 13.2 Å². The van der Waals surface area contributed by atoms with Crippen LogP contribution in [-0.2, 0) is 16.0 Å². The number of hydrogen-bond donors (Lipinski definition) is 3. The molecule has 23 heavy (non-hydrogen) atoms. The lowest BCUT2D eigenvalue weighted by Gasteiger charge is -2.16. The number of methoxy groups -OCH3 is 1. The molecule has 2 amide bonds. The van der Waals surface area contributed by atoms with E-state index < -0.39 is 17.9 Å². The van der Waals surface area contributed by atoms with E-state index in [2.05, 4.69) is 10.3 Å². The predicted octanol–water partition coefficient (Wildman–Crippen LogP) is 0.269. The Kier molecular flexibility index (Phi) is 5.14. The average Bonchev–Trinajstić information content (AvgIpc) is 2.52. The summed E-state index contributed by atoms with van der Waals surface area (Å²) in [6.45, 7) is 0. The largest absolute Gasteiger partial charge is 0.497 e. The number of carbonyl (C=O) groups excluding carboxylic acids is 2. The molecular weight excluding hydrogens is 298 g/mol. The first kappa shape index (κ1) is 16.3. The van der Waals surface area contributed by atoms with Gasteiger partial charge < -0.3 is 20.8 Å². The second-order valence-corrected chi connectivity index (χ2v) is 4.89. The van der Waals surface area contributed by atoms with Crippen molar-refractivity contribution in [1.82, 2.24) is 10.3 Å². The number of amides is 2. The first-order valence-electron chi connectivity index (χ1n) is 6.90. The lowest BCUT2D eigenvalue weighted by atomic mass is 10.1. The fraction of sp³-hybridized carbons (Fsp3) is 0.188. The van der Waals surface area contributed by atoms with E-state index in [4.69, 9.17) is 10.5 Å². The van der Waals surface area contributed by atoms with Gasteiger partial charge in [-0.3, -0.25) is 14.4 Å². The molecule has 4 N–H and O–H groups in total. The van der Waals surface area contributed by atoms with Crippen molar-refractivity contribution in [2.24, 2.45) is 5.73 Å². The monoisotopic (exact) mass is 315 g/mol. The average molecular weight is 315 g/mol. The molecule has 1 atom stereocenters. The number of ether oxygens (including phenoxy) is 1. The van der Waals surface area contributed by atoms with Gasteiger partial charge in [0.2, 0.25) is 17.4 Å². The molecule has 1 aromatic heterocycles. The molecular formula is C16H17N3O4. The number of hydrogen-bond acceptors (Lipinski definition) is 4. The third-order valence-corrected chi connectivity index (χ3v) is 3.22. The van der Waals surface area contributed by atoms with Gasteiger partial charge in [0.05, 0.1) is 13.5 Å². The normalized spacial score (nSPS) is 11.5.